The van der Waals surface area contributed by atoms with Crippen molar-refractivity contribution in [1.29, 1.82) is 0 Å². The number of morpholine rings is 1. The highest BCUT2D eigenvalue weighted by molar-refractivity contribution is 6.30. The van der Waals surface area contributed by atoms with E-state index in [1.807, 2.05) is 72.0 Å². The molecule has 3 aliphatic heterocycles. The Hall–Kier alpha value is -5.42. The molecule has 4 aromatic carbocycles. The van der Waals surface area contributed by atoms with Gasteiger partial charge in [0.25, 0.3) is 11.8 Å². The lowest BCUT2D eigenvalue weighted by Gasteiger charge is -2.41. The van der Waals surface area contributed by atoms with Crippen LogP contribution in [0.25, 0.3) is 11.3 Å². The normalized spacial score (nSPS) is 16.9. The largest absolute Gasteiger partial charge is 0.415 e. The minimum Gasteiger partial charge on any atom is -0.410 e. The summed E-state index contributed by atoms with van der Waals surface area (Å²) in [4.78, 5) is 50.5. The number of fused-ring (bicyclic) bond motifs is 2. The number of hydrogen-bond acceptors (Lipinski definition) is 6. The number of anilines is 1. The number of benzene rings is 4. The molecule has 0 aliphatic carbocycles. The minimum atomic E-state index is -0.475. The highest BCUT2D eigenvalue weighted by Gasteiger charge is 2.35. The second-order valence-electron chi connectivity index (χ2n) is 14.9. The monoisotopic (exact) mass is 771 g/mol. The molecular formula is C45H46ClN5O5. The summed E-state index contributed by atoms with van der Waals surface area (Å²) in [5.41, 5.74) is 8.58. The van der Waals surface area contributed by atoms with Crippen molar-refractivity contribution >= 4 is 35.2 Å². The molecule has 8 rings (SSSR count). The summed E-state index contributed by atoms with van der Waals surface area (Å²) in [6.07, 6.45) is 0.845. The van der Waals surface area contributed by atoms with E-state index >= 15 is 4.79 Å². The lowest BCUT2D eigenvalue weighted by atomic mass is 9.89. The molecular weight excluding hydrogens is 726 g/mol. The number of hydrogen-bond donors (Lipinski definition) is 0. The van der Waals surface area contributed by atoms with Gasteiger partial charge < -0.3 is 28.7 Å². The van der Waals surface area contributed by atoms with Gasteiger partial charge in [-0.2, -0.15) is 0 Å². The van der Waals surface area contributed by atoms with Crippen LogP contribution < -0.4 is 9.64 Å². The number of carbonyl (C=O) groups is 3. The van der Waals surface area contributed by atoms with E-state index in [-0.39, 0.29) is 24.4 Å². The molecule has 1 atom stereocenters. The van der Waals surface area contributed by atoms with Crippen molar-refractivity contribution in [2.75, 3.05) is 51.3 Å². The van der Waals surface area contributed by atoms with Gasteiger partial charge >= 0.3 is 6.09 Å². The topological polar surface area (TPSA) is 87.6 Å². The van der Waals surface area contributed by atoms with Crippen LogP contribution in [0.1, 0.15) is 48.7 Å². The predicted octanol–water partition coefficient (Wildman–Crippen LogP) is 7.39. The molecule has 11 heteroatoms. The zero-order valence-electron chi connectivity index (χ0n) is 32.0. The van der Waals surface area contributed by atoms with Gasteiger partial charge in [0.15, 0.2) is 0 Å². The highest BCUT2D eigenvalue weighted by Crippen LogP contribution is 2.36. The number of para-hydroxylation sites is 1. The molecule has 4 heterocycles. The molecule has 0 unspecified atom stereocenters. The average Bonchev–Trinajstić information content (AvgIpc) is 3.52. The van der Waals surface area contributed by atoms with Gasteiger partial charge in [0.1, 0.15) is 5.75 Å². The third-order valence-corrected chi connectivity index (χ3v) is 11.8. The van der Waals surface area contributed by atoms with Crippen LogP contribution in [0.3, 0.4) is 0 Å². The van der Waals surface area contributed by atoms with Crippen LogP contribution in [0.4, 0.5) is 10.5 Å². The fourth-order valence-electron chi connectivity index (χ4n) is 8.20. The van der Waals surface area contributed by atoms with Crippen LogP contribution in [0.2, 0.25) is 5.02 Å². The fraction of sp³-hybridized carbons (Fsp3) is 0.311. The quantitative estimate of drug-likeness (QED) is 0.172. The average molecular weight is 772 g/mol. The third-order valence-electron chi connectivity index (χ3n) is 11.5. The Balaban J connectivity index is 1.19. The van der Waals surface area contributed by atoms with E-state index < -0.39 is 6.09 Å². The summed E-state index contributed by atoms with van der Waals surface area (Å²) in [5.74, 6) is 0.161. The zero-order valence-corrected chi connectivity index (χ0v) is 32.8. The summed E-state index contributed by atoms with van der Waals surface area (Å²) in [5, 5.41) is 0.481. The van der Waals surface area contributed by atoms with Crippen LogP contribution in [0.15, 0.2) is 97.1 Å². The second kappa shape index (κ2) is 16.0. The molecule has 0 spiro atoms. The molecule has 0 bridgehead atoms. The first-order valence-corrected chi connectivity index (χ1v) is 19.6. The van der Waals surface area contributed by atoms with Gasteiger partial charge in [0.2, 0.25) is 0 Å². The summed E-state index contributed by atoms with van der Waals surface area (Å²) in [6, 6.07) is 30.7. The van der Waals surface area contributed by atoms with E-state index in [0.29, 0.717) is 54.6 Å². The maximum Gasteiger partial charge on any atom is 0.415 e. The van der Waals surface area contributed by atoms with Gasteiger partial charge in [0.05, 0.1) is 18.8 Å². The van der Waals surface area contributed by atoms with Crippen LogP contribution >= 0.6 is 11.6 Å². The molecule has 1 fully saturated rings. The van der Waals surface area contributed by atoms with Gasteiger partial charge in [0, 0.05) is 92.6 Å². The lowest BCUT2D eigenvalue weighted by Crippen LogP contribution is -2.52. The molecule has 3 amide bonds. The van der Waals surface area contributed by atoms with Crippen LogP contribution in [0, 0.1) is 6.92 Å². The van der Waals surface area contributed by atoms with E-state index in [4.69, 9.17) is 21.1 Å². The Bertz CT molecular complexity index is 2280. The van der Waals surface area contributed by atoms with Crippen molar-refractivity contribution in [3.05, 3.63) is 141 Å². The van der Waals surface area contributed by atoms with E-state index in [1.54, 1.807) is 41.1 Å². The number of amides is 3. The first kappa shape index (κ1) is 37.5. The van der Waals surface area contributed by atoms with E-state index in [1.165, 1.54) is 5.56 Å². The second-order valence-corrected chi connectivity index (χ2v) is 15.4. The molecule has 3 aliphatic rings. The molecule has 5 aromatic rings. The Labute approximate surface area is 332 Å². The predicted molar refractivity (Wildman–Crippen MR) is 217 cm³/mol. The Morgan fingerprint density at radius 3 is 2.34 bits per heavy atom. The van der Waals surface area contributed by atoms with Gasteiger partial charge in [-0.3, -0.25) is 14.5 Å². The summed E-state index contributed by atoms with van der Waals surface area (Å²) in [7, 11) is 3.73. The number of ether oxygens (including phenoxy) is 2. The highest BCUT2D eigenvalue weighted by atomic mass is 35.5. The maximum atomic E-state index is 15.3. The molecule has 0 saturated carbocycles. The molecule has 0 radical (unpaired) electrons. The van der Waals surface area contributed by atoms with Crippen molar-refractivity contribution in [1.82, 2.24) is 19.3 Å². The molecule has 10 nitrogen and oxygen atoms in total. The van der Waals surface area contributed by atoms with Gasteiger partial charge in [-0.05, 0) is 90.6 Å². The first-order chi connectivity index (χ1) is 27.1. The lowest BCUT2D eigenvalue weighted by molar-refractivity contribution is 0.0193. The fourth-order valence-corrected chi connectivity index (χ4v) is 8.38. The Kier molecular flexibility index (Phi) is 10.7. The minimum absolute atomic E-state index is 0.0598. The third kappa shape index (κ3) is 7.56. The molecule has 0 N–H and O–H groups in total. The van der Waals surface area contributed by atoms with E-state index in [2.05, 4.69) is 29.2 Å². The number of aromatic nitrogens is 1. The number of nitrogens with zero attached hydrogens (tertiary/aromatic N) is 5. The van der Waals surface area contributed by atoms with Crippen LogP contribution in [-0.2, 0) is 37.7 Å². The first-order valence-electron chi connectivity index (χ1n) is 19.2. The van der Waals surface area contributed by atoms with Crippen molar-refractivity contribution in [2.24, 2.45) is 7.05 Å². The summed E-state index contributed by atoms with van der Waals surface area (Å²) < 4.78 is 13.4. The van der Waals surface area contributed by atoms with E-state index in [9.17, 15) is 9.59 Å². The van der Waals surface area contributed by atoms with Gasteiger partial charge in [-0.25, -0.2) is 4.79 Å². The molecule has 1 aromatic heterocycles. The standard InChI is InChI=1S/C45H46ClN5O5/c1-30-39(43(52)48(3)36-13-5-4-6-14-36)26-42(47(30)2)40-23-32-16-17-50(45(54)56-38-15-9-12-35(46)25-38)27-34(32)24-41(40)44(53)51-28-33-11-8-7-10-31(33)22-37(51)29-49-18-20-55-21-19-49/h4-15,23-26,37H,16-22,27-29H2,1-3H3/t37-/m0/s1. The van der Waals surface area contributed by atoms with Crippen LogP contribution in [0.5, 0.6) is 5.75 Å². The molecule has 56 heavy (non-hydrogen) atoms. The van der Waals surface area contributed by atoms with Crippen molar-refractivity contribution in [3.8, 4) is 17.0 Å². The SMILES string of the molecule is Cc1c(C(=O)N(C)c2ccccc2)cc(-c2cc3c(cc2C(=O)N2Cc4ccccc4C[C@H]2CN2CCOCC2)CN(C(=O)Oc2cccc(Cl)c2)CC3)n1C. The maximum absolute atomic E-state index is 15.3. The van der Waals surface area contributed by atoms with E-state index in [0.717, 1.165) is 65.4 Å². The number of rotatable bonds is 7. The zero-order chi connectivity index (χ0) is 38.9. The van der Waals surface area contributed by atoms with Crippen molar-refractivity contribution in [2.45, 2.75) is 38.9 Å². The van der Waals surface area contributed by atoms with Crippen molar-refractivity contribution in [3.63, 3.8) is 0 Å². The molecule has 1 saturated heterocycles. The van der Waals surface area contributed by atoms with Crippen LogP contribution in [-0.4, -0.2) is 89.7 Å². The van der Waals surface area contributed by atoms with Crippen molar-refractivity contribution < 1.29 is 23.9 Å². The van der Waals surface area contributed by atoms with Gasteiger partial charge in [-0.1, -0.05) is 60.1 Å². The Morgan fingerprint density at radius 1 is 0.821 bits per heavy atom. The summed E-state index contributed by atoms with van der Waals surface area (Å²) >= 11 is 6.16. The van der Waals surface area contributed by atoms with Gasteiger partial charge in [-0.15, -0.1) is 0 Å². The smallest absolute Gasteiger partial charge is 0.410 e. The Morgan fingerprint density at radius 2 is 1.57 bits per heavy atom. The number of halogens is 1. The summed E-state index contributed by atoms with van der Waals surface area (Å²) in [6.45, 7) is 6.89. The molecule has 288 valence electrons. The number of carbonyl (C=O) groups excluding carboxylic acids is 3.